The Hall–Kier alpha value is -3.36. The minimum absolute atomic E-state index is 0.0663. The Morgan fingerprint density at radius 2 is 2.09 bits per heavy atom. The first kappa shape index (κ1) is 23.8. The van der Waals surface area contributed by atoms with Crippen molar-refractivity contribution < 1.29 is 19.4 Å². The molecule has 8 nitrogen and oxygen atoms in total. The molecule has 0 bridgehead atoms. The molecule has 0 aliphatic heterocycles. The average Bonchev–Trinajstić information content (AvgIpc) is 3.67. The maximum atomic E-state index is 12.3. The molecule has 1 fully saturated rings. The molecule has 34 heavy (non-hydrogen) atoms. The largest absolute Gasteiger partial charge is 0.493 e. The van der Waals surface area contributed by atoms with E-state index in [1.54, 1.807) is 7.11 Å². The molecular weight excluding hydrogens is 432 g/mol. The fourth-order valence-corrected chi connectivity index (χ4v) is 4.09. The zero-order valence-electron chi connectivity index (χ0n) is 19.7. The van der Waals surface area contributed by atoms with Crippen LogP contribution in [0.5, 0.6) is 11.5 Å². The fourth-order valence-electron chi connectivity index (χ4n) is 4.09. The van der Waals surface area contributed by atoms with Crippen LogP contribution in [0.25, 0.3) is 10.9 Å². The van der Waals surface area contributed by atoms with Gasteiger partial charge in [-0.25, -0.2) is 0 Å². The first-order valence-electron chi connectivity index (χ1n) is 11.7. The number of nitrogens with one attached hydrogen (secondary N) is 2. The second-order valence-electron chi connectivity index (χ2n) is 8.44. The van der Waals surface area contributed by atoms with Gasteiger partial charge in [-0.15, -0.1) is 0 Å². The molecule has 5 N–H and O–H groups in total. The van der Waals surface area contributed by atoms with Crippen molar-refractivity contribution in [2.75, 3.05) is 25.6 Å². The number of anilines is 2. The first-order chi connectivity index (χ1) is 16.5. The number of nitrogens with zero attached hydrogens (tertiary/aromatic N) is 1. The SMILES string of the molecule is CCc1c(CO)cccc1Nc1c(C(N)=O)cnc2cc(OCCCNC3CC3)c(OC)cc12. The number of methoxy groups -OCH3 is 1. The maximum Gasteiger partial charge on any atom is 0.252 e. The predicted octanol–water partition coefficient (Wildman–Crippen LogP) is 3.66. The van der Waals surface area contributed by atoms with Gasteiger partial charge >= 0.3 is 0 Å². The molecule has 4 rings (SSSR count). The van der Waals surface area contributed by atoms with Crippen molar-refractivity contribution in [3.05, 3.63) is 53.2 Å². The molecule has 0 atom stereocenters. The number of nitrogens with two attached hydrogens (primary N) is 1. The number of aliphatic hydroxyl groups excluding tert-OH is 1. The highest BCUT2D eigenvalue weighted by molar-refractivity contribution is 6.08. The monoisotopic (exact) mass is 464 g/mol. The smallest absolute Gasteiger partial charge is 0.252 e. The van der Waals surface area contributed by atoms with E-state index in [1.807, 2.05) is 37.3 Å². The summed E-state index contributed by atoms with van der Waals surface area (Å²) in [4.78, 5) is 16.7. The Morgan fingerprint density at radius 3 is 2.76 bits per heavy atom. The number of primary amides is 1. The number of aliphatic hydroxyl groups is 1. The molecule has 1 aromatic heterocycles. The summed E-state index contributed by atoms with van der Waals surface area (Å²) in [7, 11) is 1.58. The standard InChI is InChI=1S/C26H32N4O4/c1-3-18-16(15-31)6-4-7-21(18)30-25-19-12-23(33-2)24(34-11-5-10-28-17-8-9-17)13-22(19)29-14-20(25)26(27)32/h4,6-7,12-14,17,28,31H,3,5,8-11,15H2,1-2H3,(H2,27,32)(H,29,30). The van der Waals surface area contributed by atoms with E-state index in [-0.39, 0.29) is 12.2 Å². The predicted molar refractivity (Wildman–Crippen MR) is 133 cm³/mol. The van der Waals surface area contributed by atoms with Gasteiger partial charge in [-0.1, -0.05) is 19.1 Å². The molecule has 180 valence electrons. The number of ether oxygens (including phenoxy) is 2. The molecule has 0 radical (unpaired) electrons. The maximum absolute atomic E-state index is 12.3. The second-order valence-corrected chi connectivity index (χ2v) is 8.44. The van der Waals surface area contributed by atoms with Crippen LogP contribution in [0, 0.1) is 0 Å². The number of pyridine rings is 1. The molecule has 2 aromatic carbocycles. The van der Waals surface area contributed by atoms with Crippen LogP contribution < -0.4 is 25.8 Å². The third-order valence-corrected chi connectivity index (χ3v) is 6.06. The Kier molecular flexibility index (Phi) is 7.49. The lowest BCUT2D eigenvalue weighted by molar-refractivity contribution is 0.100. The van der Waals surface area contributed by atoms with Gasteiger partial charge in [0.2, 0.25) is 0 Å². The van der Waals surface area contributed by atoms with Gasteiger partial charge < -0.3 is 30.9 Å². The number of amides is 1. The van der Waals surface area contributed by atoms with Gasteiger partial charge in [-0.05, 0) is 55.5 Å². The zero-order valence-corrected chi connectivity index (χ0v) is 19.7. The van der Waals surface area contributed by atoms with E-state index in [4.69, 9.17) is 15.2 Å². The van der Waals surface area contributed by atoms with E-state index in [0.717, 1.165) is 29.8 Å². The number of aromatic nitrogens is 1. The molecule has 3 aromatic rings. The summed E-state index contributed by atoms with van der Waals surface area (Å²) in [5.74, 6) is 0.563. The highest BCUT2D eigenvalue weighted by atomic mass is 16.5. The molecule has 1 heterocycles. The Labute approximate surface area is 199 Å². The Morgan fingerprint density at radius 1 is 1.26 bits per heavy atom. The van der Waals surface area contributed by atoms with E-state index >= 15 is 0 Å². The molecule has 1 saturated carbocycles. The van der Waals surface area contributed by atoms with Crippen molar-refractivity contribution in [3.8, 4) is 11.5 Å². The van der Waals surface area contributed by atoms with Crippen LogP contribution in [0.3, 0.4) is 0 Å². The average molecular weight is 465 g/mol. The minimum atomic E-state index is -0.587. The van der Waals surface area contributed by atoms with Crippen LogP contribution in [0.1, 0.15) is 47.7 Å². The molecule has 0 spiro atoms. The molecular formula is C26H32N4O4. The van der Waals surface area contributed by atoms with Crippen molar-refractivity contribution in [1.29, 1.82) is 0 Å². The lowest BCUT2D eigenvalue weighted by Crippen LogP contribution is -2.19. The van der Waals surface area contributed by atoms with Crippen molar-refractivity contribution in [2.45, 2.75) is 45.3 Å². The van der Waals surface area contributed by atoms with E-state index in [0.29, 0.717) is 47.2 Å². The van der Waals surface area contributed by atoms with Crippen molar-refractivity contribution in [1.82, 2.24) is 10.3 Å². The van der Waals surface area contributed by atoms with E-state index in [9.17, 15) is 9.90 Å². The van der Waals surface area contributed by atoms with Crippen molar-refractivity contribution in [2.24, 2.45) is 5.73 Å². The number of hydrogen-bond acceptors (Lipinski definition) is 7. The molecule has 1 aliphatic carbocycles. The summed E-state index contributed by atoms with van der Waals surface area (Å²) in [5.41, 5.74) is 9.74. The number of benzene rings is 2. The van der Waals surface area contributed by atoms with E-state index in [1.165, 1.54) is 19.0 Å². The summed E-state index contributed by atoms with van der Waals surface area (Å²) in [6.07, 6.45) is 5.60. The lowest BCUT2D eigenvalue weighted by Gasteiger charge is -2.19. The van der Waals surface area contributed by atoms with Gasteiger partial charge in [0.1, 0.15) is 0 Å². The number of hydrogen-bond donors (Lipinski definition) is 4. The van der Waals surface area contributed by atoms with Gasteiger partial charge in [0.15, 0.2) is 11.5 Å². The van der Waals surface area contributed by atoms with Gasteiger partial charge in [0.05, 0.1) is 37.1 Å². The molecule has 0 saturated heterocycles. The lowest BCUT2D eigenvalue weighted by atomic mass is 10.0. The van der Waals surface area contributed by atoms with E-state index < -0.39 is 5.91 Å². The van der Waals surface area contributed by atoms with Gasteiger partial charge in [-0.2, -0.15) is 0 Å². The third-order valence-electron chi connectivity index (χ3n) is 6.06. The highest BCUT2D eigenvalue weighted by Gasteiger charge is 2.20. The van der Waals surface area contributed by atoms with Crippen LogP contribution >= 0.6 is 0 Å². The van der Waals surface area contributed by atoms with Crippen molar-refractivity contribution >= 4 is 28.2 Å². The van der Waals surface area contributed by atoms with Crippen LogP contribution in [0.4, 0.5) is 11.4 Å². The second kappa shape index (κ2) is 10.7. The molecule has 0 unspecified atom stereocenters. The molecule has 8 heteroatoms. The van der Waals surface area contributed by atoms with Gasteiger partial charge in [0, 0.05) is 29.4 Å². The fraction of sp³-hybridized carbons (Fsp3) is 0.385. The summed E-state index contributed by atoms with van der Waals surface area (Å²) in [5, 5.41) is 17.3. The molecule has 1 amide bonds. The van der Waals surface area contributed by atoms with Gasteiger partial charge in [-0.3, -0.25) is 9.78 Å². The minimum Gasteiger partial charge on any atom is -0.493 e. The van der Waals surface area contributed by atoms with Crippen LogP contribution in [0.2, 0.25) is 0 Å². The van der Waals surface area contributed by atoms with Crippen molar-refractivity contribution in [3.63, 3.8) is 0 Å². The first-order valence-corrected chi connectivity index (χ1v) is 11.7. The van der Waals surface area contributed by atoms with E-state index in [2.05, 4.69) is 15.6 Å². The third kappa shape index (κ3) is 5.24. The van der Waals surface area contributed by atoms with Crippen LogP contribution in [-0.4, -0.2) is 42.3 Å². The van der Waals surface area contributed by atoms with Crippen LogP contribution in [-0.2, 0) is 13.0 Å². The Balaban J connectivity index is 1.68. The summed E-state index contributed by atoms with van der Waals surface area (Å²) < 4.78 is 11.6. The normalized spacial score (nSPS) is 13.1. The van der Waals surface area contributed by atoms with Crippen LogP contribution in [0.15, 0.2) is 36.5 Å². The quantitative estimate of drug-likeness (QED) is 0.302. The topological polar surface area (TPSA) is 119 Å². The summed E-state index contributed by atoms with van der Waals surface area (Å²) >= 11 is 0. The highest BCUT2D eigenvalue weighted by Crippen LogP contribution is 2.38. The Bertz CT molecular complexity index is 1180. The van der Waals surface area contributed by atoms with Gasteiger partial charge in [0.25, 0.3) is 5.91 Å². The number of carbonyl (C=O) groups is 1. The number of rotatable bonds is 12. The summed E-state index contributed by atoms with van der Waals surface area (Å²) in [6.45, 7) is 3.43. The zero-order chi connectivity index (χ0) is 24.1. The molecule has 1 aliphatic rings. The summed E-state index contributed by atoms with van der Waals surface area (Å²) in [6, 6.07) is 9.98. The number of carbonyl (C=O) groups excluding carboxylic acids is 1. The number of fused-ring (bicyclic) bond motifs is 1.